The zero-order valence-electron chi connectivity index (χ0n) is 10.1. The molecule has 0 saturated heterocycles. The van der Waals surface area contributed by atoms with Gasteiger partial charge in [-0.2, -0.15) is 5.10 Å². The van der Waals surface area contributed by atoms with E-state index in [1.54, 1.807) is 18.0 Å². The Hall–Kier alpha value is -1.32. The summed E-state index contributed by atoms with van der Waals surface area (Å²) in [4.78, 5) is 12.3. The number of rotatable bonds is 4. The van der Waals surface area contributed by atoms with Crippen molar-refractivity contribution in [1.82, 2.24) is 9.78 Å². The van der Waals surface area contributed by atoms with Crippen molar-refractivity contribution in [3.63, 3.8) is 0 Å². The molecule has 0 N–H and O–H groups in total. The SMILES string of the molecule is COc1cnn(C(C)C)c1C(=O)C1CCC1. The van der Waals surface area contributed by atoms with Gasteiger partial charge in [0.1, 0.15) is 5.69 Å². The van der Waals surface area contributed by atoms with Crippen LogP contribution in [0.15, 0.2) is 6.20 Å². The number of Topliss-reactive ketones (excluding diaryl/α,β-unsaturated/α-hetero) is 1. The minimum Gasteiger partial charge on any atom is -0.493 e. The van der Waals surface area contributed by atoms with Crippen molar-refractivity contribution >= 4 is 5.78 Å². The molecule has 1 fully saturated rings. The average molecular weight is 222 g/mol. The predicted octanol–water partition coefficient (Wildman–Crippen LogP) is 2.46. The molecule has 1 aromatic rings. The summed E-state index contributed by atoms with van der Waals surface area (Å²) >= 11 is 0. The van der Waals surface area contributed by atoms with Crippen LogP contribution in [0.25, 0.3) is 0 Å². The largest absolute Gasteiger partial charge is 0.493 e. The van der Waals surface area contributed by atoms with Crippen LogP contribution in [-0.2, 0) is 0 Å². The molecule has 0 aromatic carbocycles. The number of ether oxygens (including phenoxy) is 1. The van der Waals surface area contributed by atoms with E-state index in [-0.39, 0.29) is 17.7 Å². The molecule has 16 heavy (non-hydrogen) atoms. The van der Waals surface area contributed by atoms with Gasteiger partial charge in [-0.05, 0) is 26.7 Å². The van der Waals surface area contributed by atoms with Crippen molar-refractivity contribution in [3.05, 3.63) is 11.9 Å². The normalized spacial score (nSPS) is 16.2. The fourth-order valence-corrected chi connectivity index (χ4v) is 1.99. The number of hydrogen-bond acceptors (Lipinski definition) is 3. The van der Waals surface area contributed by atoms with Crippen LogP contribution in [-0.4, -0.2) is 22.7 Å². The quantitative estimate of drug-likeness (QED) is 0.735. The Bertz CT molecular complexity index is 392. The molecule has 0 aliphatic heterocycles. The fraction of sp³-hybridized carbons (Fsp3) is 0.667. The third kappa shape index (κ3) is 1.72. The second-order valence-corrected chi connectivity index (χ2v) is 4.59. The number of hydrogen-bond donors (Lipinski definition) is 0. The minimum absolute atomic E-state index is 0.183. The molecule has 0 atom stereocenters. The monoisotopic (exact) mass is 222 g/mol. The zero-order chi connectivity index (χ0) is 11.7. The predicted molar refractivity (Wildman–Crippen MR) is 60.8 cm³/mol. The van der Waals surface area contributed by atoms with Crippen molar-refractivity contribution in [1.29, 1.82) is 0 Å². The first-order valence-corrected chi connectivity index (χ1v) is 5.81. The van der Waals surface area contributed by atoms with Gasteiger partial charge in [0.15, 0.2) is 11.5 Å². The molecule has 0 spiro atoms. The summed E-state index contributed by atoms with van der Waals surface area (Å²) in [5, 5.41) is 4.22. The van der Waals surface area contributed by atoms with E-state index in [0.717, 1.165) is 19.3 Å². The fourth-order valence-electron chi connectivity index (χ4n) is 1.99. The van der Waals surface area contributed by atoms with Gasteiger partial charge in [-0.25, -0.2) is 0 Å². The Morgan fingerprint density at radius 2 is 2.25 bits per heavy atom. The zero-order valence-corrected chi connectivity index (χ0v) is 10.1. The number of carbonyl (C=O) groups excluding carboxylic acids is 1. The average Bonchev–Trinajstić information content (AvgIpc) is 2.57. The number of nitrogens with zero attached hydrogens (tertiary/aromatic N) is 2. The van der Waals surface area contributed by atoms with Crippen LogP contribution in [0.2, 0.25) is 0 Å². The van der Waals surface area contributed by atoms with Crippen LogP contribution in [0.5, 0.6) is 5.75 Å². The first-order valence-electron chi connectivity index (χ1n) is 5.81. The van der Waals surface area contributed by atoms with E-state index in [1.165, 1.54) is 0 Å². The molecular formula is C12H18N2O2. The smallest absolute Gasteiger partial charge is 0.187 e. The highest BCUT2D eigenvalue weighted by Gasteiger charge is 2.31. The van der Waals surface area contributed by atoms with E-state index in [1.807, 2.05) is 13.8 Å². The molecule has 0 unspecified atom stereocenters. The number of methoxy groups -OCH3 is 1. The molecule has 2 rings (SSSR count). The van der Waals surface area contributed by atoms with Gasteiger partial charge in [0.25, 0.3) is 0 Å². The topological polar surface area (TPSA) is 44.1 Å². The van der Waals surface area contributed by atoms with Crippen molar-refractivity contribution in [2.75, 3.05) is 7.11 Å². The second-order valence-electron chi connectivity index (χ2n) is 4.59. The third-order valence-corrected chi connectivity index (χ3v) is 3.18. The first kappa shape index (κ1) is 11.2. The van der Waals surface area contributed by atoms with E-state index in [4.69, 9.17) is 4.74 Å². The van der Waals surface area contributed by atoms with E-state index >= 15 is 0 Å². The van der Waals surface area contributed by atoms with Gasteiger partial charge in [-0.3, -0.25) is 9.48 Å². The van der Waals surface area contributed by atoms with E-state index in [0.29, 0.717) is 11.4 Å². The number of aromatic nitrogens is 2. The van der Waals surface area contributed by atoms with Gasteiger partial charge in [0, 0.05) is 12.0 Å². The molecule has 1 aliphatic carbocycles. The Kier molecular flexibility index (Phi) is 2.99. The van der Waals surface area contributed by atoms with Crippen molar-refractivity contribution in [2.24, 2.45) is 5.92 Å². The van der Waals surface area contributed by atoms with Gasteiger partial charge in [-0.1, -0.05) is 6.42 Å². The highest BCUT2D eigenvalue weighted by molar-refractivity contribution is 5.99. The number of ketones is 1. The Morgan fingerprint density at radius 3 is 2.69 bits per heavy atom. The summed E-state index contributed by atoms with van der Waals surface area (Å²) in [5.41, 5.74) is 0.641. The lowest BCUT2D eigenvalue weighted by Gasteiger charge is -2.24. The molecule has 1 aliphatic rings. The molecule has 0 bridgehead atoms. The van der Waals surface area contributed by atoms with E-state index in [2.05, 4.69) is 5.10 Å². The van der Waals surface area contributed by atoms with Crippen LogP contribution >= 0.6 is 0 Å². The van der Waals surface area contributed by atoms with Crippen LogP contribution in [0.4, 0.5) is 0 Å². The highest BCUT2D eigenvalue weighted by Crippen LogP contribution is 2.33. The molecule has 4 heteroatoms. The number of carbonyl (C=O) groups is 1. The van der Waals surface area contributed by atoms with Crippen LogP contribution in [0.3, 0.4) is 0 Å². The molecule has 4 nitrogen and oxygen atoms in total. The lowest BCUT2D eigenvalue weighted by atomic mass is 9.81. The first-order chi connectivity index (χ1) is 7.65. The molecule has 0 amide bonds. The molecule has 1 aromatic heterocycles. The van der Waals surface area contributed by atoms with Gasteiger partial charge in [0.2, 0.25) is 0 Å². The van der Waals surface area contributed by atoms with Crippen molar-refractivity contribution in [3.8, 4) is 5.75 Å². The summed E-state index contributed by atoms with van der Waals surface area (Å²) in [6, 6.07) is 0.183. The summed E-state index contributed by atoms with van der Waals surface area (Å²) in [7, 11) is 1.58. The van der Waals surface area contributed by atoms with Crippen LogP contribution in [0, 0.1) is 5.92 Å². The van der Waals surface area contributed by atoms with E-state index < -0.39 is 0 Å². The summed E-state index contributed by atoms with van der Waals surface area (Å²) in [6.07, 6.45) is 4.80. The Balaban J connectivity index is 2.35. The van der Waals surface area contributed by atoms with Crippen molar-refractivity contribution in [2.45, 2.75) is 39.2 Å². The lowest BCUT2D eigenvalue weighted by Crippen LogP contribution is -2.25. The molecule has 1 heterocycles. The summed E-state index contributed by atoms with van der Waals surface area (Å²) in [5.74, 6) is 0.975. The molecule has 1 saturated carbocycles. The lowest BCUT2D eigenvalue weighted by molar-refractivity contribution is 0.0838. The molecule has 0 radical (unpaired) electrons. The van der Waals surface area contributed by atoms with Crippen LogP contribution < -0.4 is 4.74 Å². The molecule has 88 valence electrons. The van der Waals surface area contributed by atoms with Gasteiger partial charge < -0.3 is 4.74 Å². The summed E-state index contributed by atoms with van der Waals surface area (Å²) < 4.78 is 6.98. The van der Waals surface area contributed by atoms with Gasteiger partial charge >= 0.3 is 0 Å². The van der Waals surface area contributed by atoms with E-state index in [9.17, 15) is 4.79 Å². The van der Waals surface area contributed by atoms with Gasteiger partial charge in [-0.15, -0.1) is 0 Å². The Labute approximate surface area is 95.6 Å². The maximum atomic E-state index is 12.3. The van der Waals surface area contributed by atoms with Gasteiger partial charge in [0.05, 0.1) is 13.3 Å². The maximum absolute atomic E-state index is 12.3. The highest BCUT2D eigenvalue weighted by atomic mass is 16.5. The van der Waals surface area contributed by atoms with Crippen molar-refractivity contribution < 1.29 is 9.53 Å². The third-order valence-electron chi connectivity index (χ3n) is 3.18. The minimum atomic E-state index is 0.183. The second kappa shape index (κ2) is 4.28. The maximum Gasteiger partial charge on any atom is 0.187 e. The summed E-state index contributed by atoms with van der Waals surface area (Å²) in [6.45, 7) is 4.04. The van der Waals surface area contributed by atoms with Crippen LogP contribution in [0.1, 0.15) is 49.6 Å². The standard InChI is InChI=1S/C12H18N2O2/c1-8(2)14-11(10(16-3)7-13-14)12(15)9-5-4-6-9/h7-9H,4-6H2,1-3H3. The Morgan fingerprint density at radius 1 is 1.56 bits per heavy atom. The molecular weight excluding hydrogens is 204 g/mol.